The van der Waals surface area contributed by atoms with E-state index in [0.29, 0.717) is 31.1 Å². The fourth-order valence-corrected chi connectivity index (χ4v) is 2.84. The number of anilines is 1. The number of aromatic nitrogens is 2. The van der Waals surface area contributed by atoms with Gasteiger partial charge in [-0.05, 0) is 37.7 Å². The number of piperidine rings is 1. The van der Waals surface area contributed by atoms with Crippen molar-refractivity contribution >= 4 is 5.82 Å². The van der Waals surface area contributed by atoms with Gasteiger partial charge in [0.25, 0.3) is 0 Å². The standard InChI is InChI=1S/C13H16F3N3O/c14-13(15,16)12-17-5-3-11(18-12)19-6-4-9(20)7-10(19)8-1-2-8/h3,5,8-10,20H,1-2,4,6-7H2/t9-,10+/m0/s1. The summed E-state index contributed by atoms with van der Waals surface area (Å²) >= 11 is 0. The normalized spacial score (nSPS) is 27.7. The molecule has 1 aromatic rings. The summed E-state index contributed by atoms with van der Waals surface area (Å²) in [5.74, 6) is -0.318. The molecule has 0 unspecified atom stereocenters. The monoisotopic (exact) mass is 287 g/mol. The predicted octanol–water partition coefficient (Wildman–Crippen LogP) is 2.24. The van der Waals surface area contributed by atoms with Crippen LogP contribution in [0.2, 0.25) is 0 Å². The van der Waals surface area contributed by atoms with Crippen LogP contribution < -0.4 is 4.90 Å². The summed E-state index contributed by atoms with van der Waals surface area (Å²) < 4.78 is 38.0. The molecule has 0 amide bonds. The largest absolute Gasteiger partial charge is 0.451 e. The first-order valence-electron chi connectivity index (χ1n) is 6.80. The van der Waals surface area contributed by atoms with Crippen molar-refractivity contribution in [3.8, 4) is 0 Å². The summed E-state index contributed by atoms with van der Waals surface area (Å²) in [5.41, 5.74) is 0. The number of rotatable bonds is 2. The Morgan fingerprint density at radius 3 is 2.65 bits per heavy atom. The average molecular weight is 287 g/mol. The van der Waals surface area contributed by atoms with Crippen molar-refractivity contribution in [1.29, 1.82) is 0 Å². The highest BCUT2D eigenvalue weighted by Gasteiger charge is 2.40. The second kappa shape index (κ2) is 4.87. The second-order valence-corrected chi connectivity index (χ2v) is 5.51. The van der Waals surface area contributed by atoms with Crippen molar-refractivity contribution in [2.24, 2.45) is 5.92 Å². The van der Waals surface area contributed by atoms with Gasteiger partial charge in [-0.15, -0.1) is 0 Å². The third-order valence-corrected chi connectivity index (χ3v) is 3.97. The van der Waals surface area contributed by atoms with E-state index in [2.05, 4.69) is 9.97 Å². The number of aliphatic hydroxyl groups is 1. The maximum atomic E-state index is 12.7. The Hall–Kier alpha value is -1.37. The summed E-state index contributed by atoms with van der Waals surface area (Å²) in [5, 5.41) is 9.77. The molecule has 1 aliphatic heterocycles. The lowest BCUT2D eigenvalue weighted by Crippen LogP contribution is -2.46. The molecule has 2 heterocycles. The number of hydrogen-bond acceptors (Lipinski definition) is 4. The lowest BCUT2D eigenvalue weighted by molar-refractivity contribution is -0.144. The van der Waals surface area contributed by atoms with Gasteiger partial charge in [-0.2, -0.15) is 13.2 Å². The Balaban J connectivity index is 1.87. The third kappa shape index (κ3) is 2.72. The van der Waals surface area contributed by atoms with Gasteiger partial charge in [0, 0.05) is 18.8 Å². The van der Waals surface area contributed by atoms with E-state index < -0.39 is 12.0 Å². The molecule has 0 spiro atoms. The van der Waals surface area contributed by atoms with Crippen molar-refractivity contribution in [3.05, 3.63) is 18.1 Å². The first-order valence-corrected chi connectivity index (χ1v) is 6.80. The molecule has 4 nitrogen and oxygen atoms in total. The lowest BCUT2D eigenvalue weighted by Gasteiger charge is -2.39. The lowest BCUT2D eigenvalue weighted by atomic mass is 9.96. The molecule has 2 aliphatic rings. The smallest absolute Gasteiger partial charge is 0.393 e. The van der Waals surface area contributed by atoms with E-state index >= 15 is 0 Å². The number of alkyl halides is 3. The number of aliphatic hydroxyl groups excluding tert-OH is 1. The Morgan fingerprint density at radius 2 is 2.00 bits per heavy atom. The minimum Gasteiger partial charge on any atom is -0.393 e. The van der Waals surface area contributed by atoms with Crippen LogP contribution in [0.3, 0.4) is 0 Å². The summed E-state index contributed by atoms with van der Waals surface area (Å²) in [7, 11) is 0. The van der Waals surface area contributed by atoms with Crippen LogP contribution in [0.15, 0.2) is 12.3 Å². The molecule has 1 saturated carbocycles. The van der Waals surface area contributed by atoms with E-state index in [-0.39, 0.29) is 12.1 Å². The van der Waals surface area contributed by atoms with Crippen molar-refractivity contribution in [1.82, 2.24) is 9.97 Å². The maximum absolute atomic E-state index is 12.7. The molecule has 1 aliphatic carbocycles. The van der Waals surface area contributed by atoms with Gasteiger partial charge in [-0.25, -0.2) is 9.97 Å². The molecule has 2 atom stereocenters. The Morgan fingerprint density at radius 1 is 1.25 bits per heavy atom. The van der Waals surface area contributed by atoms with Gasteiger partial charge in [0.2, 0.25) is 5.82 Å². The van der Waals surface area contributed by atoms with Crippen LogP contribution in [0.1, 0.15) is 31.5 Å². The van der Waals surface area contributed by atoms with Gasteiger partial charge in [-0.1, -0.05) is 0 Å². The number of nitrogens with zero attached hydrogens (tertiary/aromatic N) is 3. The van der Waals surface area contributed by atoms with Crippen LogP contribution in [-0.2, 0) is 6.18 Å². The van der Waals surface area contributed by atoms with Gasteiger partial charge in [0.15, 0.2) is 0 Å². The molecule has 0 bridgehead atoms. The van der Waals surface area contributed by atoms with E-state index in [1.165, 1.54) is 6.07 Å². The van der Waals surface area contributed by atoms with Crippen molar-refractivity contribution in [3.63, 3.8) is 0 Å². The van der Waals surface area contributed by atoms with Crippen LogP contribution >= 0.6 is 0 Å². The minimum atomic E-state index is -4.53. The van der Waals surface area contributed by atoms with Gasteiger partial charge >= 0.3 is 6.18 Å². The quantitative estimate of drug-likeness (QED) is 0.906. The van der Waals surface area contributed by atoms with E-state index in [4.69, 9.17) is 0 Å². The van der Waals surface area contributed by atoms with Crippen LogP contribution in [0, 0.1) is 5.92 Å². The summed E-state index contributed by atoms with van der Waals surface area (Å²) in [4.78, 5) is 8.86. The van der Waals surface area contributed by atoms with Gasteiger partial charge in [0.1, 0.15) is 5.82 Å². The fraction of sp³-hybridized carbons (Fsp3) is 0.692. The maximum Gasteiger partial charge on any atom is 0.451 e. The molecule has 0 radical (unpaired) electrons. The van der Waals surface area contributed by atoms with Gasteiger partial charge in [-0.3, -0.25) is 0 Å². The molecule has 7 heteroatoms. The molecule has 110 valence electrons. The highest BCUT2D eigenvalue weighted by Crippen LogP contribution is 2.41. The fourth-order valence-electron chi connectivity index (χ4n) is 2.84. The second-order valence-electron chi connectivity index (χ2n) is 5.51. The SMILES string of the molecule is O[C@H]1CCN(c2ccnc(C(F)(F)F)n2)[C@@H](C2CC2)C1. The molecule has 3 rings (SSSR count). The molecular formula is C13H16F3N3O. The Labute approximate surface area is 114 Å². The van der Waals surface area contributed by atoms with E-state index in [1.807, 2.05) is 4.90 Å². The average Bonchev–Trinajstić information content (AvgIpc) is 3.22. The topological polar surface area (TPSA) is 49.2 Å². The summed E-state index contributed by atoms with van der Waals surface area (Å²) in [6, 6.07) is 1.61. The molecule has 20 heavy (non-hydrogen) atoms. The molecule has 1 saturated heterocycles. The highest BCUT2D eigenvalue weighted by molar-refractivity contribution is 5.40. The van der Waals surface area contributed by atoms with Crippen LogP contribution in [-0.4, -0.2) is 33.8 Å². The van der Waals surface area contributed by atoms with E-state index in [1.54, 1.807) is 0 Å². The highest BCUT2D eigenvalue weighted by atomic mass is 19.4. The van der Waals surface area contributed by atoms with E-state index in [0.717, 1.165) is 19.0 Å². The Bertz CT molecular complexity index is 490. The molecule has 1 aromatic heterocycles. The Kier molecular flexibility index (Phi) is 3.32. The zero-order chi connectivity index (χ0) is 14.3. The van der Waals surface area contributed by atoms with Crippen LogP contribution in [0.5, 0.6) is 0 Å². The first kappa shape index (κ1) is 13.6. The van der Waals surface area contributed by atoms with Crippen molar-refractivity contribution < 1.29 is 18.3 Å². The zero-order valence-corrected chi connectivity index (χ0v) is 10.8. The van der Waals surface area contributed by atoms with Crippen LogP contribution in [0.4, 0.5) is 19.0 Å². The molecule has 2 fully saturated rings. The van der Waals surface area contributed by atoms with Crippen molar-refractivity contribution in [2.45, 2.75) is 44.0 Å². The number of hydrogen-bond donors (Lipinski definition) is 1. The molecular weight excluding hydrogens is 271 g/mol. The van der Waals surface area contributed by atoms with Crippen molar-refractivity contribution in [2.75, 3.05) is 11.4 Å². The minimum absolute atomic E-state index is 0.0923. The third-order valence-electron chi connectivity index (χ3n) is 3.97. The van der Waals surface area contributed by atoms with Gasteiger partial charge < -0.3 is 10.0 Å². The first-order chi connectivity index (χ1) is 9.45. The molecule has 1 N–H and O–H groups in total. The van der Waals surface area contributed by atoms with Crippen LogP contribution in [0.25, 0.3) is 0 Å². The zero-order valence-electron chi connectivity index (χ0n) is 10.8. The summed E-state index contributed by atoms with van der Waals surface area (Å²) in [6.45, 7) is 0.538. The predicted molar refractivity (Wildman–Crippen MR) is 66.1 cm³/mol. The number of halogens is 3. The van der Waals surface area contributed by atoms with E-state index in [9.17, 15) is 18.3 Å². The summed E-state index contributed by atoms with van der Waals surface area (Å²) in [6.07, 6.45) is -0.415. The molecule has 0 aromatic carbocycles. The van der Waals surface area contributed by atoms with Gasteiger partial charge in [0.05, 0.1) is 6.10 Å².